The maximum absolute atomic E-state index is 8.93. The molecule has 0 heterocycles. The first-order chi connectivity index (χ1) is 5.29. The number of hydrogen-bond acceptors (Lipinski definition) is 8. The van der Waals surface area contributed by atoms with Gasteiger partial charge in [-0.2, -0.15) is 0 Å². The van der Waals surface area contributed by atoms with Crippen LogP contribution < -0.4 is 139 Å². The van der Waals surface area contributed by atoms with Crippen LogP contribution in [0.1, 0.15) is 0 Å². The molecular formula is C4Na4O8. The predicted octanol–water partition coefficient (Wildman–Crippen LogP) is -19.0. The summed E-state index contributed by atoms with van der Waals surface area (Å²) in [6.07, 6.45) is 0. The van der Waals surface area contributed by atoms with Crippen LogP contribution in [0.3, 0.4) is 0 Å². The van der Waals surface area contributed by atoms with Crippen LogP contribution in [0.15, 0.2) is 0 Å². The van der Waals surface area contributed by atoms with E-state index in [2.05, 4.69) is 0 Å². The Morgan fingerprint density at radius 2 is 0.500 bits per heavy atom. The number of rotatable bonds is 0. The van der Waals surface area contributed by atoms with E-state index < -0.39 is 23.9 Å². The number of carbonyl (C=O) groups is 4. The zero-order valence-electron chi connectivity index (χ0n) is 9.27. The third-order valence-electron chi connectivity index (χ3n) is 0.333. The first-order valence-corrected chi connectivity index (χ1v) is 2.13. The van der Waals surface area contributed by atoms with E-state index in [4.69, 9.17) is 39.6 Å². The van der Waals surface area contributed by atoms with E-state index in [0.29, 0.717) is 0 Å². The summed E-state index contributed by atoms with van der Waals surface area (Å²) in [5, 5.41) is 35.7. The molecule has 8 nitrogen and oxygen atoms in total. The molecule has 0 bridgehead atoms. The molecule has 0 aromatic rings. The molecule has 0 atom stereocenters. The zero-order valence-corrected chi connectivity index (χ0v) is 17.3. The van der Waals surface area contributed by atoms with Crippen molar-refractivity contribution in [3.05, 3.63) is 0 Å². The molecule has 12 heteroatoms. The number of carboxylic acid groups (broad SMARTS) is 4. The van der Waals surface area contributed by atoms with E-state index in [1.165, 1.54) is 0 Å². The monoisotopic (exact) mass is 268 g/mol. The fourth-order valence-corrected chi connectivity index (χ4v) is 0. The van der Waals surface area contributed by atoms with Crippen molar-refractivity contribution < 1.29 is 158 Å². The SMILES string of the molecule is O=C([O-])C(=O)[O-].O=C([O-])C(=O)[O-].[Na+].[Na+].[Na+].[Na+]. The van der Waals surface area contributed by atoms with Gasteiger partial charge >= 0.3 is 118 Å². The predicted molar refractivity (Wildman–Crippen MR) is 20.0 cm³/mol. The van der Waals surface area contributed by atoms with Gasteiger partial charge in [-0.3, -0.25) is 0 Å². The zero-order chi connectivity index (χ0) is 10.3. The van der Waals surface area contributed by atoms with Gasteiger partial charge in [0.2, 0.25) is 0 Å². The molecule has 0 fully saturated rings. The Balaban J connectivity index is -0.0000000250. The van der Waals surface area contributed by atoms with Gasteiger partial charge in [-0.1, -0.05) is 0 Å². The Kier molecular flexibility index (Phi) is 49.8. The fraction of sp³-hybridized carbons (Fsp3) is 0. The van der Waals surface area contributed by atoms with Crippen LogP contribution in [-0.2, 0) is 19.2 Å². The Bertz CT molecular complexity index is 180. The van der Waals surface area contributed by atoms with Crippen LogP contribution in [0.5, 0.6) is 0 Å². The van der Waals surface area contributed by atoms with Crippen molar-refractivity contribution >= 4 is 23.9 Å². The standard InChI is InChI=1S/2C2H2O4.4Na/c2*3-1(4)2(5)6;;;;/h2*(H,3,4)(H,5,6);;;;/q;;4*+1/p-4. The molecule has 0 aliphatic rings. The quantitative estimate of drug-likeness (QED) is 0.309. The molecule has 0 unspecified atom stereocenters. The Labute approximate surface area is 178 Å². The minimum atomic E-state index is -2.19. The molecule has 0 aromatic heterocycles. The molecule has 0 spiro atoms. The molecule has 0 amide bonds. The van der Waals surface area contributed by atoms with Crippen LogP contribution in [0.4, 0.5) is 0 Å². The third-order valence-corrected chi connectivity index (χ3v) is 0.333. The topological polar surface area (TPSA) is 161 Å². The smallest absolute Gasteiger partial charge is 0.543 e. The summed E-state index contributed by atoms with van der Waals surface area (Å²) < 4.78 is 0. The average Bonchev–Trinajstić information content (AvgIpc) is 1.88. The Morgan fingerprint density at radius 1 is 0.438 bits per heavy atom. The second-order valence-electron chi connectivity index (χ2n) is 1.15. The molecule has 68 valence electrons. The van der Waals surface area contributed by atoms with Crippen LogP contribution in [0.25, 0.3) is 0 Å². The minimum Gasteiger partial charge on any atom is -0.543 e. The van der Waals surface area contributed by atoms with Crippen LogP contribution >= 0.6 is 0 Å². The van der Waals surface area contributed by atoms with Crippen molar-refractivity contribution in [1.82, 2.24) is 0 Å². The van der Waals surface area contributed by atoms with Gasteiger partial charge in [0, 0.05) is 0 Å². The van der Waals surface area contributed by atoms with Gasteiger partial charge in [0.15, 0.2) is 0 Å². The largest absolute Gasteiger partial charge is 1.00 e. The van der Waals surface area contributed by atoms with Gasteiger partial charge < -0.3 is 39.6 Å². The first kappa shape index (κ1) is 36.1. The summed E-state index contributed by atoms with van der Waals surface area (Å²) in [5.74, 6) is -8.74. The van der Waals surface area contributed by atoms with Crippen LogP contribution in [0, 0.1) is 0 Å². The number of carboxylic acids is 4. The maximum atomic E-state index is 8.93. The molecule has 16 heavy (non-hydrogen) atoms. The van der Waals surface area contributed by atoms with Crippen molar-refractivity contribution in [2.75, 3.05) is 0 Å². The molecule has 0 rings (SSSR count). The van der Waals surface area contributed by atoms with Gasteiger partial charge in [-0.15, -0.1) is 0 Å². The van der Waals surface area contributed by atoms with Gasteiger partial charge in [0.1, 0.15) is 0 Å². The number of hydrogen-bond donors (Lipinski definition) is 0. The summed E-state index contributed by atoms with van der Waals surface area (Å²) in [4.78, 5) is 35.7. The molecular weight excluding hydrogens is 268 g/mol. The second kappa shape index (κ2) is 22.1. The van der Waals surface area contributed by atoms with Crippen LogP contribution in [-0.4, -0.2) is 23.9 Å². The van der Waals surface area contributed by atoms with E-state index in [1.807, 2.05) is 0 Å². The van der Waals surface area contributed by atoms with E-state index in [1.54, 1.807) is 0 Å². The van der Waals surface area contributed by atoms with Crippen molar-refractivity contribution in [1.29, 1.82) is 0 Å². The summed E-state index contributed by atoms with van der Waals surface area (Å²) in [6, 6.07) is 0. The van der Waals surface area contributed by atoms with Crippen LogP contribution in [0.2, 0.25) is 0 Å². The summed E-state index contributed by atoms with van der Waals surface area (Å²) in [7, 11) is 0. The second-order valence-corrected chi connectivity index (χ2v) is 1.15. The molecule has 0 N–H and O–H groups in total. The molecule has 0 aromatic carbocycles. The van der Waals surface area contributed by atoms with Gasteiger partial charge in [0.05, 0.1) is 23.9 Å². The molecule has 0 aliphatic carbocycles. The van der Waals surface area contributed by atoms with Crippen molar-refractivity contribution in [2.45, 2.75) is 0 Å². The number of aliphatic carboxylic acids is 4. The summed E-state index contributed by atoms with van der Waals surface area (Å²) >= 11 is 0. The first-order valence-electron chi connectivity index (χ1n) is 2.13. The van der Waals surface area contributed by atoms with E-state index in [9.17, 15) is 0 Å². The molecule has 0 saturated heterocycles. The minimum absolute atomic E-state index is 0. The van der Waals surface area contributed by atoms with E-state index in [0.717, 1.165) is 0 Å². The van der Waals surface area contributed by atoms with Crippen molar-refractivity contribution in [2.24, 2.45) is 0 Å². The summed E-state index contributed by atoms with van der Waals surface area (Å²) in [5.41, 5.74) is 0. The van der Waals surface area contributed by atoms with Gasteiger partial charge in [-0.25, -0.2) is 0 Å². The molecule has 0 aliphatic heterocycles. The number of carbonyl (C=O) groups excluding carboxylic acids is 4. The van der Waals surface area contributed by atoms with E-state index >= 15 is 0 Å². The van der Waals surface area contributed by atoms with Crippen molar-refractivity contribution in [3.8, 4) is 0 Å². The van der Waals surface area contributed by atoms with Gasteiger partial charge in [-0.05, 0) is 0 Å². The fourth-order valence-electron chi connectivity index (χ4n) is 0. The molecule has 0 saturated carbocycles. The van der Waals surface area contributed by atoms with Crippen molar-refractivity contribution in [3.63, 3.8) is 0 Å². The third kappa shape index (κ3) is 36.0. The average molecular weight is 268 g/mol. The Hall–Kier alpha value is 1.88. The molecule has 0 radical (unpaired) electrons. The maximum Gasteiger partial charge on any atom is 1.00 e. The summed E-state index contributed by atoms with van der Waals surface area (Å²) in [6.45, 7) is 0. The normalized spacial score (nSPS) is 5.50. The van der Waals surface area contributed by atoms with E-state index in [-0.39, 0.29) is 118 Å². The van der Waals surface area contributed by atoms with Gasteiger partial charge in [0.25, 0.3) is 0 Å². The Morgan fingerprint density at radius 3 is 0.500 bits per heavy atom.